The smallest absolute Gasteiger partial charge is 0.293 e. The number of hydrogen-bond acceptors (Lipinski definition) is 5. The van der Waals surface area contributed by atoms with Gasteiger partial charge in [0.15, 0.2) is 0 Å². The minimum absolute atomic E-state index is 0.0971. The van der Waals surface area contributed by atoms with Gasteiger partial charge in [-0.05, 0) is 31.9 Å². The van der Waals surface area contributed by atoms with Crippen molar-refractivity contribution in [1.29, 1.82) is 0 Å². The Morgan fingerprint density at radius 2 is 2.15 bits per heavy atom. The molecule has 1 amide bonds. The molecule has 1 rings (SSSR count). The lowest BCUT2D eigenvalue weighted by molar-refractivity contribution is -0.384. The maximum Gasteiger partial charge on any atom is 0.293 e. The van der Waals surface area contributed by atoms with Crippen LogP contribution in [0.1, 0.15) is 30.1 Å². The fraction of sp³-hybridized carbons (Fsp3) is 0.462. The number of aliphatic hydroxyl groups is 1. The Morgan fingerprint density at radius 3 is 2.75 bits per heavy atom. The fourth-order valence-electron chi connectivity index (χ4n) is 1.70. The number of aliphatic hydroxyl groups excluding tert-OH is 1. The van der Waals surface area contributed by atoms with Crippen molar-refractivity contribution >= 4 is 17.3 Å². The van der Waals surface area contributed by atoms with Crippen LogP contribution in [0.5, 0.6) is 0 Å². The van der Waals surface area contributed by atoms with E-state index in [-0.39, 0.29) is 23.8 Å². The molecule has 0 saturated carbocycles. The summed E-state index contributed by atoms with van der Waals surface area (Å²) in [5.74, 6) is -0.331. The summed E-state index contributed by atoms with van der Waals surface area (Å²) < 4.78 is 0. The minimum atomic E-state index is -0.517. The van der Waals surface area contributed by atoms with E-state index in [1.807, 2.05) is 0 Å². The van der Waals surface area contributed by atoms with Gasteiger partial charge in [-0.1, -0.05) is 0 Å². The van der Waals surface area contributed by atoms with Crippen molar-refractivity contribution in [2.45, 2.75) is 19.8 Å². The first-order chi connectivity index (χ1) is 9.60. The maximum atomic E-state index is 11.6. The molecule has 0 aliphatic rings. The van der Waals surface area contributed by atoms with Gasteiger partial charge in [0.1, 0.15) is 5.69 Å². The molecule has 3 N–H and O–H groups in total. The molecule has 110 valence electrons. The molecule has 0 aromatic heterocycles. The second-order valence-corrected chi connectivity index (χ2v) is 4.21. The SMILES string of the molecule is CCNC(=O)c1ccc(NCCCCO)c([N+](=O)[O-])c1. The Labute approximate surface area is 117 Å². The van der Waals surface area contributed by atoms with Crippen LogP contribution in [0, 0.1) is 10.1 Å². The molecule has 20 heavy (non-hydrogen) atoms. The van der Waals surface area contributed by atoms with E-state index in [0.717, 1.165) is 0 Å². The van der Waals surface area contributed by atoms with Gasteiger partial charge >= 0.3 is 0 Å². The quantitative estimate of drug-likeness (QED) is 0.381. The van der Waals surface area contributed by atoms with Crippen molar-refractivity contribution in [3.63, 3.8) is 0 Å². The number of rotatable bonds is 8. The van der Waals surface area contributed by atoms with Gasteiger partial charge in [0, 0.05) is 31.3 Å². The number of nitro groups is 1. The third kappa shape index (κ3) is 4.51. The van der Waals surface area contributed by atoms with Crippen molar-refractivity contribution in [3.8, 4) is 0 Å². The van der Waals surface area contributed by atoms with Gasteiger partial charge < -0.3 is 15.7 Å². The van der Waals surface area contributed by atoms with Gasteiger partial charge in [-0.15, -0.1) is 0 Å². The first-order valence-corrected chi connectivity index (χ1v) is 6.51. The summed E-state index contributed by atoms with van der Waals surface area (Å²) in [5.41, 5.74) is 0.512. The zero-order chi connectivity index (χ0) is 15.0. The molecular weight excluding hydrogens is 262 g/mol. The average Bonchev–Trinajstić information content (AvgIpc) is 2.43. The highest BCUT2D eigenvalue weighted by molar-refractivity contribution is 5.95. The molecular formula is C13H19N3O4. The maximum absolute atomic E-state index is 11.6. The summed E-state index contributed by atoms with van der Waals surface area (Å²) >= 11 is 0. The van der Waals surface area contributed by atoms with Gasteiger partial charge in [-0.2, -0.15) is 0 Å². The lowest BCUT2D eigenvalue weighted by Crippen LogP contribution is -2.22. The third-order valence-electron chi connectivity index (χ3n) is 2.69. The van der Waals surface area contributed by atoms with Crippen LogP contribution in [0.25, 0.3) is 0 Å². The molecule has 0 unspecified atom stereocenters. The highest BCUT2D eigenvalue weighted by Crippen LogP contribution is 2.25. The normalized spacial score (nSPS) is 10.1. The van der Waals surface area contributed by atoms with E-state index >= 15 is 0 Å². The van der Waals surface area contributed by atoms with E-state index in [0.29, 0.717) is 31.6 Å². The number of hydrogen-bond donors (Lipinski definition) is 3. The molecule has 0 atom stereocenters. The molecule has 1 aromatic rings. The molecule has 0 heterocycles. The lowest BCUT2D eigenvalue weighted by atomic mass is 10.1. The zero-order valence-electron chi connectivity index (χ0n) is 11.4. The van der Waals surface area contributed by atoms with Crippen LogP contribution in [0.3, 0.4) is 0 Å². The number of carbonyl (C=O) groups excluding carboxylic acids is 1. The van der Waals surface area contributed by atoms with Crippen LogP contribution in [0.2, 0.25) is 0 Å². The number of amides is 1. The number of anilines is 1. The summed E-state index contributed by atoms with van der Waals surface area (Å²) in [6, 6.07) is 4.34. The predicted octanol–water partition coefficient (Wildman–Crippen LogP) is 1.53. The third-order valence-corrected chi connectivity index (χ3v) is 2.69. The summed E-state index contributed by atoms with van der Waals surface area (Å²) in [6.45, 7) is 2.87. The van der Waals surface area contributed by atoms with Gasteiger partial charge in [0.2, 0.25) is 0 Å². The van der Waals surface area contributed by atoms with Gasteiger partial charge in [-0.3, -0.25) is 14.9 Å². The fourth-order valence-corrected chi connectivity index (χ4v) is 1.70. The highest BCUT2D eigenvalue weighted by Gasteiger charge is 2.16. The monoisotopic (exact) mass is 281 g/mol. The number of nitrogens with zero attached hydrogens (tertiary/aromatic N) is 1. The molecule has 0 spiro atoms. The second kappa shape index (κ2) is 8.11. The Kier molecular flexibility index (Phi) is 6.45. The van der Waals surface area contributed by atoms with Crippen LogP contribution in [0.15, 0.2) is 18.2 Å². The second-order valence-electron chi connectivity index (χ2n) is 4.21. The molecule has 0 fully saturated rings. The molecule has 0 radical (unpaired) electrons. The van der Waals surface area contributed by atoms with Gasteiger partial charge in [-0.25, -0.2) is 0 Å². The summed E-state index contributed by atoms with van der Waals surface area (Å²) in [4.78, 5) is 22.2. The minimum Gasteiger partial charge on any atom is -0.396 e. The van der Waals surface area contributed by atoms with E-state index in [4.69, 9.17) is 5.11 Å². The predicted molar refractivity (Wildman–Crippen MR) is 75.9 cm³/mol. The standard InChI is InChI=1S/C13H19N3O4/c1-2-14-13(18)10-5-6-11(12(9-10)16(19)20)15-7-3-4-8-17/h5-6,9,15,17H,2-4,7-8H2,1H3,(H,14,18). The number of unbranched alkanes of at least 4 members (excludes halogenated alkanes) is 1. The summed E-state index contributed by atoms with van der Waals surface area (Å²) in [6.07, 6.45) is 1.35. The molecule has 0 saturated heterocycles. The van der Waals surface area contributed by atoms with Crippen LogP contribution in [-0.2, 0) is 0 Å². The Bertz CT molecular complexity index is 477. The average molecular weight is 281 g/mol. The molecule has 7 nitrogen and oxygen atoms in total. The van der Waals surface area contributed by atoms with Crippen LogP contribution >= 0.6 is 0 Å². The van der Waals surface area contributed by atoms with E-state index in [9.17, 15) is 14.9 Å². The zero-order valence-corrected chi connectivity index (χ0v) is 11.4. The number of nitrogens with one attached hydrogen (secondary N) is 2. The summed E-state index contributed by atoms with van der Waals surface area (Å²) in [5, 5.41) is 25.3. The van der Waals surface area contributed by atoms with Crippen LogP contribution in [0.4, 0.5) is 11.4 Å². The van der Waals surface area contributed by atoms with Crippen molar-refractivity contribution in [1.82, 2.24) is 5.32 Å². The van der Waals surface area contributed by atoms with E-state index in [1.165, 1.54) is 12.1 Å². The number of benzene rings is 1. The first kappa shape index (κ1) is 15.9. The lowest BCUT2D eigenvalue weighted by Gasteiger charge is -2.08. The molecule has 0 aliphatic heterocycles. The summed E-state index contributed by atoms with van der Waals surface area (Å²) in [7, 11) is 0. The first-order valence-electron chi connectivity index (χ1n) is 6.51. The number of nitro benzene ring substituents is 1. The Balaban J connectivity index is 2.85. The highest BCUT2D eigenvalue weighted by atomic mass is 16.6. The van der Waals surface area contributed by atoms with E-state index < -0.39 is 4.92 Å². The van der Waals surface area contributed by atoms with Crippen molar-refractivity contribution in [2.75, 3.05) is 25.0 Å². The molecule has 0 aliphatic carbocycles. The van der Waals surface area contributed by atoms with Gasteiger partial charge in [0.25, 0.3) is 11.6 Å². The molecule has 1 aromatic carbocycles. The Hall–Kier alpha value is -2.15. The van der Waals surface area contributed by atoms with Crippen molar-refractivity contribution in [3.05, 3.63) is 33.9 Å². The van der Waals surface area contributed by atoms with Gasteiger partial charge in [0.05, 0.1) is 4.92 Å². The van der Waals surface area contributed by atoms with Crippen molar-refractivity contribution < 1.29 is 14.8 Å². The van der Waals surface area contributed by atoms with Crippen LogP contribution in [-0.4, -0.2) is 35.6 Å². The number of carbonyl (C=O) groups is 1. The largest absolute Gasteiger partial charge is 0.396 e. The van der Waals surface area contributed by atoms with E-state index in [1.54, 1.807) is 13.0 Å². The van der Waals surface area contributed by atoms with Crippen molar-refractivity contribution in [2.24, 2.45) is 0 Å². The Morgan fingerprint density at radius 1 is 1.40 bits per heavy atom. The molecule has 0 bridgehead atoms. The topological polar surface area (TPSA) is 104 Å². The molecule has 7 heteroatoms. The van der Waals surface area contributed by atoms with E-state index in [2.05, 4.69) is 10.6 Å². The van der Waals surface area contributed by atoms with Crippen LogP contribution < -0.4 is 10.6 Å².